The van der Waals surface area contributed by atoms with Gasteiger partial charge in [-0.3, -0.25) is 4.79 Å². The second-order valence-electron chi connectivity index (χ2n) is 8.49. The van der Waals surface area contributed by atoms with E-state index in [0.29, 0.717) is 33.7 Å². The lowest BCUT2D eigenvalue weighted by molar-refractivity contribution is 0.415. The molecular weight excluding hydrogens is 452 g/mol. The smallest absolute Gasteiger partial charge is 0.182 e. The zero-order valence-corrected chi connectivity index (χ0v) is 19.7. The third-order valence-corrected chi connectivity index (χ3v) is 6.24. The van der Waals surface area contributed by atoms with Crippen molar-refractivity contribution >= 4 is 5.52 Å². The number of benzene rings is 3. The number of fused-ring (bicyclic) bond motifs is 1. The van der Waals surface area contributed by atoms with Gasteiger partial charge in [0.2, 0.25) is 0 Å². The second kappa shape index (κ2) is 8.97. The highest BCUT2D eigenvalue weighted by Gasteiger charge is 2.17. The van der Waals surface area contributed by atoms with Gasteiger partial charge in [0, 0.05) is 29.0 Å². The van der Waals surface area contributed by atoms with Crippen LogP contribution in [0.2, 0.25) is 0 Å². The van der Waals surface area contributed by atoms with Gasteiger partial charge in [-0.05, 0) is 60.0 Å². The molecule has 0 radical (unpaired) electrons. The lowest BCUT2D eigenvalue weighted by Gasteiger charge is -2.18. The van der Waals surface area contributed by atoms with E-state index in [2.05, 4.69) is 6.07 Å². The Balaban J connectivity index is 1.78. The second-order valence-corrected chi connectivity index (χ2v) is 8.49. The van der Waals surface area contributed by atoms with Crippen LogP contribution in [0.1, 0.15) is 11.3 Å². The molecule has 5 aromatic rings. The summed E-state index contributed by atoms with van der Waals surface area (Å²) in [6.07, 6.45) is 0. The van der Waals surface area contributed by atoms with E-state index in [1.54, 1.807) is 13.2 Å². The zero-order valence-electron chi connectivity index (χ0n) is 19.7. The van der Waals surface area contributed by atoms with E-state index >= 15 is 0 Å². The molecule has 0 aliphatic rings. The van der Waals surface area contributed by atoms with Gasteiger partial charge in [0.1, 0.15) is 23.3 Å². The molecule has 0 aliphatic carbocycles. The minimum absolute atomic E-state index is 0.0625. The topological polar surface area (TPSA) is 95.0 Å². The van der Waals surface area contributed by atoms with Crippen molar-refractivity contribution in [2.45, 2.75) is 6.92 Å². The van der Waals surface area contributed by atoms with Crippen LogP contribution in [0.15, 0.2) is 89.7 Å². The molecule has 36 heavy (non-hydrogen) atoms. The first-order valence-corrected chi connectivity index (χ1v) is 11.3. The molecule has 0 saturated carbocycles. The Kier molecular flexibility index (Phi) is 5.67. The molecule has 0 aliphatic heterocycles. The number of nitriles is 1. The first-order valence-electron chi connectivity index (χ1n) is 11.3. The highest BCUT2D eigenvalue weighted by atomic mass is 16.5. The summed E-state index contributed by atoms with van der Waals surface area (Å²) in [5.41, 5.74) is 5.83. The molecule has 6 nitrogen and oxygen atoms in total. The number of hydrogen-bond acceptors (Lipinski definition) is 5. The maximum absolute atomic E-state index is 12.4. The van der Waals surface area contributed by atoms with Crippen LogP contribution in [-0.4, -0.2) is 21.7 Å². The lowest BCUT2D eigenvalue weighted by Crippen LogP contribution is -2.09. The number of aromatic nitrogens is 1. The predicted octanol–water partition coefficient (Wildman–Crippen LogP) is 5.90. The summed E-state index contributed by atoms with van der Waals surface area (Å²) in [5, 5.41) is 30.2. The predicted molar refractivity (Wildman–Crippen MR) is 139 cm³/mol. The summed E-state index contributed by atoms with van der Waals surface area (Å²) in [6, 6.07) is 26.7. The Hall–Kier alpha value is -5.02. The minimum atomic E-state index is -0.174. The minimum Gasteiger partial charge on any atom is -0.508 e. The van der Waals surface area contributed by atoms with Crippen LogP contribution in [0.25, 0.3) is 39.0 Å². The number of aryl methyl sites for hydroxylation is 1. The van der Waals surface area contributed by atoms with Crippen LogP contribution in [0.4, 0.5) is 0 Å². The Morgan fingerprint density at radius 3 is 2.31 bits per heavy atom. The fourth-order valence-electron chi connectivity index (χ4n) is 4.54. The lowest BCUT2D eigenvalue weighted by atomic mass is 9.95. The highest BCUT2D eigenvalue weighted by Crippen LogP contribution is 2.36. The number of ether oxygens (including phenoxy) is 1. The van der Waals surface area contributed by atoms with Gasteiger partial charge in [-0.15, -0.1) is 0 Å². The molecule has 2 heterocycles. The van der Waals surface area contributed by atoms with Gasteiger partial charge in [-0.1, -0.05) is 36.4 Å². The summed E-state index contributed by atoms with van der Waals surface area (Å²) < 4.78 is 7.29. The zero-order chi connectivity index (χ0) is 25.4. The van der Waals surface area contributed by atoms with E-state index in [1.807, 2.05) is 65.9 Å². The summed E-state index contributed by atoms with van der Waals surface area (Å²) in [5.74, 6) is 0.792. The molecular formula is C30H22N2O4. The molecule has 176 valence electrons. The van der Waals surface area contributed by atoms with Crippen molar-refractivity contribution in [3.8, 4) is 56.8 Å². The van der Waals surface area contributed by atoms with Gasteiger partial charge in [0.05, 0.1) is 23.9 Å². The summed E-state index contributed by atoms with van der Waals surface area (Å²) in [4.78, 5) is 12.4. The van der Waals surface area contributed by atoms with Crippen molar-refractivity contribution in [1.29, 1.82) is 5.26 Å². The first-order chi connectivity index (χ1) is 17.4. The SMILES string of the molecule is COc1cccc(-c2cc(-c3ccc(-c4cc(O)ccc4O)cc3)n3c(C)cc(=O)cc3c2C#N)c1. The number of aromatic hydroxyl groups is 2. The van der Waals surface area contributed by atoms with E-state index in [0.717, 1.165) is 22.4 Å². The number of pyridine rings is 2. The van der Waals surface area contributed by atoms with E-state index in [4.69, 9.17) is 4.74 Å². The summed E-state index contributed by atoms with van der Waals surface area (Å²) in [7, 11) is 1.59. The number of rotatable bonds is 4. The Morgan fingerprint density at radius 2 is 1.58 bits per heavy atom. The van der Waals surface area contributed by atoms with Crippen LogP contribution < -0.4 is 10.2 Å². The van der Waals surface area contributed by atoms with Crippen molar-refractivity contribution in [2.24, 2.45) is 0 Å². The van der Waals surface area contributed by atoms with Crippen molar-refractivity contribution in [3.05, 3.63) is 106 Å². The van der Waals surface area contributed by atoms with Gasteiger partial charge in [-0.25, -0.2) is 0 Å². The molecule has 0 unspecified atom stereocenters. The molecule has 0 bridgehead atoms. The number of phenols is 2. The molecule has 0 atom stereocenters. The maximum atomic E-state index is 12.4. The number of methoxy groups -OCH3 is 1. The first kappa shape index (κ1) is 22.8. The van der Waals surface area contributed by atoms with Crippen LogP contribution in [0, 0.1) is 18.3 Å². The van der Waals surface area contributed by atoms with Crippen LogP contribution in [0.5, 0.6) is 17.2 Å². The largest absolute Gasteiger partial charge is 0.508 e. The van der Waals surface area contributed by atoms with Crippen LogP contribution in [-0.2, 0) is 0 Å². The quantitative estimate of drug-likeness (QED) is 0.316. The fourth-order valence-corrected chi connectivity index (χ4v) is 4.54. The number of phenolic OH excluding ortho intramolecular Hbond substituents is 2. The van der Waals surface area contributed by atoms with Crippen molar-refractivity contribution in [2.75, 3.05) is 7.11 Å². The number of hydrogen-bond donors (Lipinski definition) is 2. The van der Waals surface area contributed by atoms with E-state index < -0.39 is 0 Å². The number of nitrogens with zero attached hydrogens (tertiary/aromatic N) is 2. The van der Waals surface area contributed by atoms with Gasteiger partial charge in [0.15, 0.2) is 5.43 Å². The summed E-state index contributed by atoms with van der Waals surface area (Å²) >= 11 is 0. The molecule has 2 N–H and O–H groups in total. The monoisotopic (exact) mass is 474 g/mol. The highest BCUT2D eigenvalue weighted by molar-refractivity contribution is 5.85. The molecule has 0 amide bonds. The Bertz CT molecular complexity index is 1730. The molecule has 6 heteroatoms. The average molecular weight is 475 g/mol. The third-order valence-electron chi connectivity index (χ3n) is 6.24. The van der Waals surface area contributed by atoms with Gasteiger partial charge in [0.25, 0.3) is 0 Å². The van der Waals surface area contributed by atoms with Gasteiger partial charge >= 0.3 is 0 Å². The van der Waals surface area contributed by atoms with E-state index in [1.165, 1.54) is 24.3 Å². The molecule has 0 spiro atoms. The molecule has 0 saturated heterocycles. The standard InChI is InChI=1S/C30H22N2O4/c1-18-12-23(34)15-29-27(17-31)25(21-4-3-5-24(13-21)36-2)16-28(32(18)29)20-8-6-19(7-9-20)26-14-22(33)10-11-30(26)35/h3-16,33,35H,1-2H3. The van der Waals surface area contributed by atoms with Gasteiger partial charge in [-0.2, -0.15) is 5.26 Å². The van der Waals surface area contributed by atoms with Crippen molar-refractivity contribution in [1.82, 2.24) is 4.40 Å². The van der Waals surface area contributed by atoms with Gasteiger partial charge < -0.3 is 19.4 Å². The third kappa shape index (κ3) is 3.93. The van der Waals surface area contributed by atoms with E-state index in [-0.39, 0.29) is 16.9 Å². The molecule has 0 fully saturated rings. The molecule has 2 aromatic heterocycles. The molecule has 5 rings (SSSR count). The van der Waals surface area contributed by atoms with Crippen molar-refractivity contribution in [3.63, 3.8) is 0 Å². The molecule has 3 aromatic carbocycles. The van der Waals surface area contributed by atoms with Crippen LogP contribution in [0.3, 0.4) is 0 Å². The van der Waals surface area contributed by atoms with E-state index in [9.17, 15) is 20.3 Å². The summed E-state index contributed by atoms with van der Waals surface area (Å²) in [6.45, 7) is 1.84. The van der Waals surface area contributed by atoms with Crippen molar-refractivity contribution < 1.29 is 14.9 Å². The maximum Gasteiger partial charge on any atom is 0.182 e. The Morgan fingerprint density at radius 1 is 0.833 bits per heavy atom. The van der Waals surface area contributed by atoms with Crippen LogP contribution >= 0.6 is 0 Å². The fraction of sp³-hybridized carbons (Fsp3) is 0.0667. The Labute approximate surface area is 207 Å². The normalized spacial score (nSPS) is 10.8. The average Bonchev–Trinajstić information content (AvgIpc) is 2.89.